The minimum atomic E-state index is -0.254. The Kier molecular flexibility index (Phi) is 3.27. The first kappa shape index (κ1) is 11.4. The highest BCUT2D eigenvalue weighted by molar-refractivity contribution is 5.95. The van der Waals surface area contributed by atoms with E-state index in [4.69, 9.17) is 9.47 Å². The van der Waals surface area contributed by atoms with Crippen molar-refractivity contribution in [1.29, 1.82) is 0 Å². The second-order valence-electron chi connectivity index (χ2n) is 3.71. The molecule has 0 fully saturated rings. The third-order valence-electron chi connectivity index (χ3n) is 2.49. The Morgan fingerprint density at radius 3 is 2.94 bits per heavy atom. The molecule has 1 aliphatic rings. The second-order valence-corrected chi connectivity index (χ2v) is 3.71. The van der Waals surface area contributed by atoms with Crippen molar-refractivity contribution in [3.8, 4) is 11.5 Å². The molecule has 5 heteroatoms. The van der Waals surface area contributed by atoms with Crippen LogP contribution < -0.4 is 14.9 Å². The molecule has 0 bridgehead atoms. The monoisotopic (exact) mass is 234 g/mol. The minimum Gasteiger partial charge on any atom is -0.454 e. The van der Waals surface area contributed by atoms with Crippen LogP contribution in [0.3, 0.4) is 0 Å². The lowest BCUT2D eigenvalue weighted by Crippen LogP contribution is -2.18. The normalized spacial score (nSPS) is 13.6. The van der Waals surface area contributed by atoms with Crippen LogP contribution in [0, 0.1) is 0 Å². The zero-order valence-electron chi connectivity index (χ0n) is 9.82. The molecule has 0 aromatic heterocycles. The number of carbonyl (C=O) groups excluding carboxylic acids is 1. The molecule has 5 nitrogen and oxygen atoms in total. The smallest absolute Gasteiger partial charge is 0.271 e. The summed E-state index contributed by atoms with van der Waals surface area (Å²) in [6.45, 7) is 4.04. The SMILES string of the molecule is CC/C(C)=N/NC(=O)c1ccc2c(c1)OCO2. The fourth-order valence-electron chi connectivity index (χ4n) is 1.33. The van der Waals surface area contributed by atoms with Gasteiger partial charge in [0.2, 0.25) is 6.79 Å². The highest BCUT2D eigenvalue weighted by Gasteiger charge is 2.15. The fraction of sp³-hybridized carbons (Fsp3) is 0.333. The maximum absolute atomic E-state index is 11.8. The lowest BCUT2D eigenvalue weighted by atomic mass is 10.2. The van der Waals surface area contributed by atoms with Gasteiger partial charge in [-0.3, -0.25) is 4.79 Å². The van der Waals surface area contributed by atoms with E-state index in [1.807, 2.05) is 13.8 Å². The third-order valence-corrected chi connectivity index (χ3v) is 2.49. The number of benzene rings is 1. The Morgan fingerprint density at radius 2 is 2.18 bits per heavy atom. The molecular formula is C12H14N2O3. The predicted octanol–water partition coefficient (Wildman–Crippen LogP) is 1.93. The number of fused-ring (bicyclic) bond motifs is 1. The molecule has 0 aliphatic carbocycles. The van der Waals surface area contributed by atoms with E-state index in [1.165, 1.54) is 0 Å². The summed E-state index contributed by atoms with van der Waals surface area (Å²) in [7, 11) is 0. The molecule has 1 aliphatic heterocycles. The van der Waals surface area contributed by atoms with Crippen molar-refractivity contribution in [3.63, 3.8) is 0 Å². The quantitative estimate of drug-likeness (QED) is 0.642. The summed E-state index contributed by atoms with van der Waals surface area (Å²) < 4.78 is 10.4. The second kappa shape index (κ2) is 4.86. The Labute approximate surface area is 99.4 Å². The predicted molar refractivity (Wildman–Crippen MR) is 63.4 cm³/mol. The number of amides is 1. The highest BCUT2D eigenvalue weighted by atomic mass is 16.7. The van der Waals surface area contributed by atoms with Crippen LogP contribution in [-0.2, 0) is 0 Å². The van der Waals surface area contributed by atoms with Crippen molar-refractivity contribution in [1.82, 2.24) is 5.43 Å². The van der Waals surface area contributed by atoms with Gasteiger partial charge in [-0.2, -0.15) is 5.10 Å². The largest absolute Gasteiger partial charge is 0.454 e. The lowest BCUT2D eigenvalue weighted by Gasteiger charge is -2.02. The van der Waals surface area contributed by atoms with Gasteiger partial charge < -0.3 is 9.47 Å². The molecule has 1 aromatic carbocycles. The first-order valence-electron chi connectivity index (χ1n) is 5.44. The van der Waals surface area contributed by atoms with Gasteiger partial charge in [0, 0.05) is 11.3 Å². The van der Waals surface area contributed by atoms with E-state index < -0.39 is 0 Å². The molecule has 1 heterocycles. The zero-order valence-corrected chi connectivity index (χ0v) is 9.82. The molecule has 0 saturated heterocycles. The zero-order chi connectivity index (χ0) is 12.3. The Morgan fingerprint density at radius 1 is 1.41 bits per heavy atom. The van der Waals surface area contributed by atoms with Gasteiger partial charge >= 0.3 is 0 Å². The van der Waals surface area contributed by atoms with Crippen LogP contribution in [0.1, 0.15) is 30.6 Å². The van der Waals surface area contributed by atoms with Gasteiger partial charge in [-0.1, -0.05) is 6.92 Å². The number of nitrogens with zero attached hydrogens (tertiary/aromatic N) is 1. The van der Waals surface area contributed by atoms with E-state index in [1.54, 1.807) is 18.2 Å². The van der Waals surface area contributed by atoms with Gasteiger partial charge in [-0.05, 0) is 31.5 Å². The van der Waals surface area contributed by atoms with Crippen molar-refractivity contribution in [3.05, 3.63) is 23.8 Å². The van der Waals surface area contributed by atoms with E-state index in [-0.39, 0.29) is 12.7 Å². The van der Waals surface area contributed by atoms with Crippen LogP contribution in [0.25, 0.3) is 0 Å². The topological polar surface area (TPSA) is 59.9 Å². The Bertz CT molecular complexity index is 469. The van der Waals surface area contributed by atoms with Gasteiger partial charge in [0.1, 0.15) is 0 Å². The van der Waals surface area contributed by atoms with Crippen LogP contribution in [0.2, 0.25) is 0 Å². The Balaban J connectivity index is 2.10. The number of carbonyl (C=O) groups is 1. The molecule has 0 spiro atoms. The van der Waals surface area contributed by atoms with Crippen LogP contribution in [0.5, 0.6) is 11.5 Å². The van der Waals surface area contributed by atoms with Gasteiger partial charge in [-0.25, -0.2) is 5.43 Å². The lowest BCUT2D eigenvalue weighted by molar-refractivity contribution is 0.0954. The molecule has 1 aromatic rings. The first-order chi connectivity index (χ1) is 8.20. The molecular weight excluding hydrogens is 220 g/mol. The van der Waals surface area contributed by atoms with Gasteiger partial charge in [-0.15, -0.1) is 0 Å². The average molecular weight is 234 g/mol. The van der Waals surface area contributed by atoms with Crippen molar-refractivity contribution in [2.24, 2.45) is 5.10 Å². The summed E-state index contributed by atoms with van der Waals surface area (Å²) in [4.78, 5) is 11.8. The molecule has 0 atom stereocenters. The van der Waals surface area contributed by atoms with Crippen molar-refractivity contribution in [2.45, 2.75) is 20.3 Å². The molecule has 1 amide bonds. The van der Waals surface area contributed by atoms with Crippen molar-refractivity contribution >= 4 is 11.6 Å². The molecule has 2 rings (SSSR count). The average Bonchev–Trinajstić information content (AvgIpc) is 2.82. The summed E-state index contributed by atoms with van der Waals surface area (Å²) in [6, 6.07) is 5.04. The number of hydrogen-bond acceptors (Lipinski definition) is 4. The summed E-state index contributed by atoms with van der Waals surface area (Å²) in [6.07, 6.45) is 0.807. The van der Waals surface area contributed by atoms with Gasteiger partial charge in [0.15, 0.2) is 11.5 Å². The van der Waals surface area contributed by atoms with E-state index >= 15 is 0 Å². The van der Waals surface area contributed by atoms with E-state index in [9.17, 15) is 4.79 Å². The molecule has 0 unspecified atom stereocenters. The van der Waals surface area contributed by atoms with E-state index in [2.05, 4.69) is 10.5 Å². The summed E-state index contributed by atoms with van der Waals surface area (Å²) in [5.74, 6) is 1.000. The fourth-order valence-corrected chi connectivity index (χ4v) is 1.33. The van der Waals surface area contributed by atoms with E-state index in [0.717, 1.165) is 12.1 Å². The van der Waals surface area contributed by atoms with Crippen LogP contribution >= 0.6 is 0 Å². The molecule has 17 heavy (non-hydrogen) atoms. The molecule has 1 N–H and O–H groups in total. The highest BCUT2D eigenvalue weighted by Crippen LogP contribution is 2.32. The minimum absolute atomic E-state index is 0.202. The van der Waals surface area contributed by atoms with Gasteiger partial charge in [0.25, 0.3) is 5.91 Å². The third kappa shape index (κ3) is 2.55. The number of hydrogen-bond donors (Lipinski definition) is 1. The number of rotatable bonds is 3. The van der Waals surface area contributed by atoms with Crippen molar-refractivity contribution in [2.75, 3.05) is 6.79 Å². The molecule has 90 valence electrons. The maximum Gasteiger partial charge on any atom is 0.271 e. The first-order valence-corrected chi connectivity index (χ1v) is 5.44. The van der Waals surface area contributed by atoms with E-state index in [0.29, 0.717) is 17.1 Å². The molecule has 0 radical (unpaired) electrons. The summed E-state index contributed by atoms with van der Waals surface area (Å²) in [5, 5.41) is 3.96. The van der Waals surface area contributed by atoms with Crippen LogP contribution in [-0.4, -0.2) is 18.4 Å². The van der Waals surface area contributed by atoms with Crippen molar-refractivity contribution < 1.29 is 14.3 Å². The van der Waals surface area contributed by atoms with Crippen LogP contribution in [0.4, 0.5) is 0 Å². The standard InChI is InChI=1S/C12H14N2O3/c1-3-8(2)13-14-12(15)9-4-5-10-11(6-9)17-7-16-10/h4-6H,3,7H2,1-2H3,(H,14,15)/b13-8+. The number of nitrogens with one attached hydrogen (secondary N) is 1. The summed E-state index contributed by atoms with van der Waals surface area (Å²) in [5.41, 5.74) is 3.87. The van der Waals surface area contributed by atoms with Gasteiger partial charge in [0.05, 0.1) is 0 Å². The number of ether oxygens (including phenoxy) is 2. The van der Waals surface area contributed by atoms with Crippen LogP contribution in [0.15, 0.2) is 23.3 Å². The maximum atomic E-state index is 11.8. The Hall–Kier alpha value is -2.04. The number of hydrazone groups is 1. The summed E-state index contributed by atoms with van der Waals surface area (Å²) >= 11 is 0. The molecule has 0 saturated carbocycles.